The number of benzene rings is 1. The number of aromatic nitrogens is 2. The Bertz CT molecular complexity index is 742. The molecule has 6 nitrogen and oxygen atoms in total. The summed E-state index contributed by atoms with van der Waals surface area (Å²) in [4.78, 5) is 2.24. The van der Waals surface area contributed by atoms with E-state index < -0.39 is 6.10 Å². The van der Waals surface area contributed by atoms with Gasteiger partial charge in [-0.05, 0) is 44.4 Å². The first-order valence-corrected chi connectivity index (χ1v) is 9.62. The Hall–Kier alpha value is -1.60. The van der Waals surface area contributed by atoms with Crippen LogP contribution >= 0.6 is 12.4 Å². The van der Waals surface area contributed by atoms with Gasteiger partial charge in [0.25, 0.3) is 0 Å². The minimum Gasteiger partial charge on any atom is -0.490 e. The molecule has 7 heteroatoms. The van der Waals surface area contributed by atoms with Gasteiger partial charge in [0.1, 0.15) is 18.5 Å². The molecule has 0 spiro atoms. The second-order valence-electron chi connectivity index (χ2n) is 7.68. The van der Waals surface area contributed by atoms with Crippen LogP contribution in [0.25, 0.3) is 0 Å². The Kier molecular flexibility index (Phi) is 8.31. The summed E-state index contributed by atoms with van der Waals surface area (Å²) in [6.45, 7) is 12.1. The fourth-order valence-electron chi connectivity index (χ4n) is 3.76. The zero-order valence-corrected chi connectivity index (χ0v) is 18.0. The molecule has 1 N–H and O–H groups in total. The quantitative estimate of drug-likeness (QED) is 0.761. The van der Waals surface area contributed by atoms with Crippen LogP contribution in [0.15, 0.2) is 24.5 Å². The smallest absolute Gasteiger partial charge is 0.125 e. The number of halogens is 1. The summed E-state index contributed by atoms with van der Waals surface area (Å²) in [6, 6.07) is 4.22. The lowest BCUT2D eigenvalue weighted by Crippen LogP contribution is -2.47. The van der Waals surface area contributed by atoms with Crippen molar-refractivity contribution in [1.29, 1.82) is 0 Å². The van der Waals surface area contributed by atoms with Crippen LogP contribution in [0.2, 0.25) is 0 Å². The highest BCUT2D eigenvalue weighted by Gasteiger charge is 2.23. The van der Waals surface area contributed by atoms with Gasteiger partial charge in [-0.1, -0.05) is 17.7 Å². The SMILES string of the molecule is Cc1cc(C)c(OCC(O)CN2CCOC(Cn3cc(C)cn3)C2)c(C)c1.Cl. The summed E-state index contributed by atoms with van der Waals surface area (Å²) >= 11 is 0. The van der Waals surface area contributed by atoms with Crippen LogP contribution in [0.5, 0.6) is 5.75 Å². The van der Waals surface area contributed by atoms with E-state index in [4.69, 9.17) is 9.47 Å². The average molecular weight is 410 g/mol. The molecular formula is C21H32ClN3O3. The number of β-amino-alcohol motifs (C(OH)–C–C–N with tert-alkyl or cyclic N) is 1. The lowest BCUT2D eigenvalue weighted by Gasteiger charge is -2.34. The number of ether oxygens (including phenoxy) is 2. The Morgan fingerprint density at radius 3 is 2.57 bits per heavy atom. The number of hydrogen-bond donors (Lipinski definition) is 1. The minimum absolute atomic E-state index is 0. The third-order valence-corrected chi connectivity index (χ3v) is 4.87. The molecule has 28 heavy (non-hydrogen) atoms. The van der Waals surface area contributed by atoms with Crippen molar-refractivity contribution in [1.82, 2.24) is 14.7 Å². The van der Waals surface area contributed by atoms with E-state index in [1.807, 2.05) is 37.8 Å². The summed E-state index contributed by atoms with van der Waals surface area (Å²) in [7, 11) is 0. The van der Waals surface area contributed by atoms with E-state index in [1.54, 1.807) is 0 Å². The maximum Gasteiger partial charge on any atom is 0.125 e. The Morgan fingerprint density at radius 1 is 1.21 bits per heavy atom. The Labute approximate surface area is 173 Å². The summed E-state index contributed by atoms with van der Waals surface area (Å²) in [5.74, 6) is 0.883. The first-order valence-electron chi connectivity index (χ1n) is 9.62. The second kappa shape index (κ2) is 10.3. The highest BCUT2D eigenvalue weighted by molar-refractivity contribution is 5.85. The van der Waals surface area contributed by atoms with Gasteiger partial charge in [-0.3, -0.25) is 9.58 Å². The molecule has 0 radical (unpaired) electrons. The van der Waals surface area contributed by atoms with E-state index in [-0.39, 0.29) is 18.5 Å². The monoisotopic (exact) mass is 409 g/mol. The van der Waals surface area contributed by atoms with Crippen molar-refractivity contribution in [2.75, 3.05) is 32.8 Å². The first-order chi connectivity index (χ1) is 12.9. The molecule has 1 fully saturated rings. The number of aliphatic hydroxyl groups excluding tert-OH is 1. The summed E-state index contributed by atoms with van der Waals surface area (Å²) in [6.07, 6.45) is 3.44. The second-order valence-corrected chi connectivity index (χ2v) is 7.68. The zero-order valence-electron chi connectivity index (χ0n) is 17.2. The van der Waals surface area contributed by atoms with Crippen molar-refractivity contribution in [3.8, 4) is 5.75 Å². The van der Waals surface area contributed by atoms with Crippen LogP contribution in [0.1, 0.15) is 22.3 Å². The lowest BCUT2D eigenvalue weighted by molar-refractivity contribution is -0.0517. The number of rotatable bonds is 7. The van der Waals surface area contributed by atoms with E-state index in [0.717, 1.165) is 42.1 Å². The molecule has 1 aromatic heterocycles. The van der Waals surface area contributed by atoms with Gasteiger partial charge in [-0.25, -0.2) is 0 Å². The van der Waals surface area contributed by atoms with E-state index in [9.17, 15) is 5.11 Å². The van der Waals surface area contributed by atoms with Crippen LogP contribution in [0, 0.1) is 27.7 Å². The largest absolute Gasteiger partial charge is 0.490 e. The maximum atomic E-state index is 10.5. The molecule has 156 valence electrons. The highest BCUT2D eigenvalue weighted by atomic mass is 35.5. The summed E-state index contributed by atoms with van der Waals surface area (Å²) < 4.78 is 13.7. The highest BCUT2D eigenvalue weighted by Crippen LogP contribution is 2.24. The average Bonchev–Trinajstić information content (AvgIpc) is 2.99. The maximum absolute atomic E-state index is 10.5. The number of morpholine rings is 1. The number of nitrogens with zero attached hydrogens (tertiary/aromatic N) is 3. The molecule has 0 amide bonds. The van der Waals surface area contributed by atoms with E-state index in [2.05, 4.69) is 29.1 Å². The van der Waals surface area contributed by atoms with Crippen molar-refractivity contribution in [3.05, 3.63) is 46.8 Å². The first kappa shape index (κ1) is 22.7. The van der Waals surface area contributed by atoms with Gasteiger partial charge in [0.2, 0.25) is 0 Å². The minimum atomic E-state index is -0.532. The molecule has 2 heterocycles. The molecule has 0 aliphatic carbocycles. The van der Waals surface area contributed by atoms with Crippen molar-refractivity contribution < 1.29 is 14.6 Å². The fraction of sp³-hybridized carbons (Fsp3) is 0.571. The molecule has 1 aromatic carbocycles. The number of hydrogen-bond acceptors (Lipinski definition) is 5. The Morgan fingerprint density at radius 2 is 1.93 bits per heavy atom. The summed E-state index contributed by atoms with van der Waals surface area (Å²) in [5.41, 5.74) is 4.60. The third-order valence-electron chi connectivity index (χ3n) is 4.87. The number of aliphatic hydroxyl groups is 1. The molecule has 2 unspecified atom stereocenters. The van der Waals surface area contributed by atoms with Gasteiger partial charge in [0.15, 0.2) is 0 Å². The van der Waals surface area contributed by atoms with E-state index in [1.165, 1.54) is 5.56 Å². The molecule has 2 aromatic rings. The Balaban J connectivity index is 0.00000280. The molecule has 0 saturated carbocycles. The third kappa shape index (κ3) is 6.21. The topological polar surface area (TPSA) is 59.8 Å². The molecule has 1 saturated heterocycles. The van der Waals surface area contributed by atoms with Gasteiger partial charge in [0, 0.05) is 25.8 Å². The van der Waals surface area contributed by atoms with Crippen LogP contribution in [-0.2, 0) is 11.3 Å². The lowest BCUT2D eigenvalue weighted by atomic mass is 10.1. The molecule has 3 rings (SSSR count). The van der Waals surface area contributed by atoms with Crippen LogP contribution in [-0.4, -0.2) is 64.8 Å². The predicted octanol–water partition coefficient (Wildman–Crippen LogP) is 2.68. The molecule has 2 atom stereocenters. The van der Waals surface area contributed by atoms with Crippen molar-refractivity contribution in [2.45, 2.75) is 46.4 Å². The van der Waals surface area contributed by atoms with Gasteiger partial charge in [-0.15, -0.1) is 12.4 Å². The van der Waals surface area contributed by atoms with E-state index >= 15 is 0 Å². The fourth-order valence-corrected chi connectivity index (χ4v) is 3.76. The van der Waals surface area contributed by atoms with Gasteiger partial charge in [0.05, 0.1) is 25.5 Å². The van der Waals surface area contributed by atoms with Crippen LogP contribution in [0.4, 0.5) is 0 Å². The van der Waals surface area contributed by atoms with Gasteiger partial charge >= 0.3 is 0 Å². The van der Waals surface area contributed by atoms with Crippen LogP contribution < -0.4 is 4.74 Å². The summed E-state index contributed by atoms with van der Waals surface area (Å²) in [5, 5.41) is 14.8. The van der Waals surface area contributed by atoms with Crippen molar-refractivity contribution >= 4 is 12.4 Å². The van der Waals surface area contributed by atoms with E-state index in [0.29, 0.717) is 19.8 Å². The molecule has 1 aliphatic rings. The van der Waals surface area contributed by atoms with Crippen molar-refractivity contribution in [2.24, 2.45) is 0 Å². The number of aryl methyl sites for hydroxylation is 4. The van der Waals surface area contributed by atoms with Gasteiger partial charge < -0.3 is 14.6 Å². The standard InChI is InChI=1S/C21H31N3O3.ClH/c1-15-7-17(3)21(18(4)8-15)27-14-19(25)11-23-5-6-26-20(12-23)13-24-10-16(2)9-22-24;/h7-10,19-20,25H,5-6,11-14H2,1-4H3;1H. The predicted molar refractivity (Wildman–Crippen MR) is 113 cm³/mol. The molecule has 1 aliphatic heterocycles. The molecule has 0 bridgehead atoms. The zero-order chi connectivity index (χ0) is 19.4. The van der Waals surface area contributed by atoms with Gasteiger partial charge in [-0.2, -0.15) is 5.10 Å². The normalized spacial score (nSPS) is 18.5. The van der Waals surface area contributed by atoms with Crippen LogP contribution in [0.3, 0.4) is 0 Å². The molecular weight excluding hydrogens is 378 g/mol. The van der Waals surface area contributed by atoms with Crippen molar-refractivity contribution in [3.63, 3.8) is 0 Å².